The van der Waals surface area contributed by atoms with Crippen molar-refractivity contribution in [3.8, 4) is 6.07 Å². The fourth-order valence-electron chi connectivity index (χ4n) is 3.82. The van der Waals surface area contributed by atoms with Gasteiger partial charge in [-0.05, 0) is 51.5 Å². The van der Waals surface area contributed by atoms with Crippen LogP contribution in [-0.2, 0) is 9.31 Å². The monoisotopic (exact) mass is 370 g/mol. The van der Waals surface area contributed by atoms with E-state index in [0.29, 0.717) is 12.0 Å². The Morgan fingerprint density at radius 1 is 1.00 bits per heavy atom. The number of hydrogen-bond donors (Lipinski definition) is 0. The molecule has 6 heteroatoms. The highest BCUT2D eigenvalue weighted by Gasteiger charge is 2.52. The summed E-state index contributed by atoms with van der Waals surface area (Å²) in [6.45, 7) is 8.38. The molecule has 140 valence electrons. The van der Waals surface area contributed by atoms with Gasteiger partial charge in [0, 0.05) is 12.1 Å². The van der Waals surface area contributed by atoms with Crippen molar-refractivity contribution in [3.05, 3.63) is 65.6 Å². The lowest BCUT2D eigenvalue weighted by atomic mass is 9.51. The molecule has 0 amide bonds. The molecule has 1 saturated heterocycles. The fraction of sp³-hybridized carbons (Fsp3) is 0.318. The molecule has 0 saturated carbocycles. The third kappa shape index (κ3) is 3.26. The first-order valence-electron chi connectivity index (χ1n) is 9.70. The number of anilines is 1. The maximum absolute atomic E-state index is 9.25. The SMILES string of the molecule is CC1(C)OB(CN2B(c3ccccc3)C=Cc3cc(C#N)ccc32)OC1(C)C. The van der Waals surface area contributed by atoms with Crippen molar-refractivity contribution in [2.45, 2.75) is 38.9 Å². The second-order valence-corrected chi connectivity index (χ2v) is 8.44. The number of rotatable bonds is 3. The first kappa shape index (κ1) is 18.9. The van der Waals surface area contributed by atoms with Gasteiger partial charge in [0.1, 0.15) is 0 Å². The summed E-state index contributed by atoms with van der Waals surface area (Å²) in [6, 6.07) is 18.5. The van der Waals surface area contributed by atoms with Crippen LogP contribution in [0.3, 0.4) is 0 Å². The molecule has 4 nitrogen and oxygen atoms in total. The van der Waals surface area contributed by atoms with Crippen molar-refractivity contribution in [2.24, 2.45) is 0 Å². The van der Waals surface area contributed by atoms with Gasteiger partial charge in [0.25, 0.3) is 0 Å². The van der Waals surface area contributed by atoms with E-state index in [9.17, 15) is 5.26 Å². The van der Waals surface area contributed by atoms with E-state index in [2.05, 4.69) is 74.9 Å². The van der Waals surface area contributed by atoms with Crippen molar-refractivity contribution in [2.75, 3.05) is 11.3 Å². The quantitative estimate of drug-likeness (QED) is 0.777. The Balaban J connectivity index is 1.70. The Morgan fingerprint density at radius 2 is 1.68 bits per heavy atom. The lowest BCUT2D eigenvalue weighted by molar-refractivity contribution is 0.00578. The predicted molar refractivity (Wildman–Crippen MR) is 115 cm³/mol. The van der Waals surface area contributed by atoms with Crippen LogP contribution in [-0.4, -0.2) is 31.6 Å². The molecule has 28 heavy (non-hydrogen) atoms. The molecule has 0 radical (unpaired) electrons. The first-order valence-corrected chi connectivity index (χ1v) is 9.70. The van der Waals surface area contributed by atoms with E-state index in [0.717, 1.165) is 11.3 Å². The molecule has 2 aliphatic heterocycles. The molecular formula is C22H24B2N2O2. The number of nitrogens with zero attached hydrogens (tertiary/aromatic N) is 2. The average Bonchev–Trinajstić information content (AvgIpc) is 2.88. The molecular weight excluding hydrogens is 346 g/mol. The molecule has 2 aromatic carbocycles. The molecule has 1 fully saturated rings. The van der Waals surface area contributed by atoms with Gasteiger partial charge in [-0.2, -0.15) is 5.26 Å². The Kier molecular flexibility index (Phi) is 4.61. The maximum atomic E-state index is 9.25. The van der Waals surface area contributed by atoms with E-state index in [1.807, 2.05) is 24.3 Å². The lowest BCUT2D eigenvalue weighted by Gasteiger charge is -2.35. The molecule has 0 atom stereocenters. The number of fused-ring (bicyclic) bond motifs is 1. The highest BCUT2D eigenvalue weighted by Crippen LogP contribution is 2.38. The molecule has 2 heterocycles. The van der Waals surface area contributed by atoms with Gasteiger partial charge in [-0.15, -0.1) is 0 Å². The van der Waals surface area contributed by atoms with Crippen LogP contribution in [0.2, 0.25) is 0 Å². The van der Waals surface area contributed by atoms with Crippen LogP contribution in [0.25, 0.3) is 6.08 Å². The zero-order valence-electron chi connectivity index (χ0n) is 16.8. The van der Waals surface area contributed by atoms with Crippen molar-refractivity contribution >= 4 is 31.2 Å². The van der Waals surface area contributed by atoms with Gasteiger partial charge in [-0.25, -0.2) is 0 Å². The smallest absolute Gasteiger partial charge is 0.408 e. The topological polar surface area (TPSA) is 45.5 Å². The normalized spacial score (nSPS) is 19.5. The number of benzene rings is 2. The number of hydrogen-bond acceptors (Lipinski definition) is 4. The predicted octanol–water partition coefficient (Wildman–Crippen LogP) is 3.46. The van der Waals surface area contributed by atoms with Crippen LogP contribution in [0.4, 0.5) is 5.69 Å². The largest absolute Gasteiger partial charge is 0.477 e. The summed E-state index contributed by atoms with van der Waals surface area (Å²) in [5, 5.41) is 9.25. The summed E-state index contributed by atoms with van der Waals surface area (Å²) in [5.74, 6) is 2.18. The van der Waals surface area contributed by atoms with Gasteiger partial charge < -0.3 is 14.1 Å². The van der Waals surface area contributed by atoms with Crippen molar-refractivity contribution in [1.29, 1.82) is 5.26 Å². The van der Waals surface area contributed by atoms with Crippen molar-refractivity contribution in [3.63, 3.8) is 0 Å². The fourth-order valence-corrected chi connectivity index (χ4v) is 3.82. The molecule has 4 rings (SSSR count). The van der Waals surface area contributed by atoms with Gasteiger partial charge in [0.05, 0.1) is 22.8 Å². The summed E-state index contributed by atoms with van der Waals surface area (Å²) < 4.78 is 12.5. The van der Waals surface area contributed by atoms with Crippen molar-refractivity contribution < 1.29 is 9.31 Å². The first-order chi connectivity index (χ1) is 13.3. The molecule has 0 aliphatic carbocycles. The van der Waals surface area contributed by atoms with Gasteiger partial charge >= 0.3 is 14.0 Å². The van der Waals surface area contributed by atoms with Crippen LogP contribution in [0, 0.1) is 11.3 Å². The van der Waals surface area contributed by atoms with E-state index in [-0.39, 0.29) is 25.2 Å². The van der Waals surface area contributed by atoms with Gasteiger partial charge in [-0.1, -0.05) is 47.8 Å². The molecule has 0 spiro atoms. The Labute approximate surface area is 168 Å². The Morgan fingerprint density at radius 3 is 2.32 bits per heavy atom. The van der Waals surface area contributed by atoms with Crippen LogP contribution >= 0.6 is 0 Å². The van der Waals surface area contributed by atoms with E-state index in [1.54, 1.807) is 0 Å². The summed E-state index contributed by atoms with van der Waals surface area (Å²) in [7, 11) is -0.328. The summed E-state index contributed by atoms with van der Waals surface area (Å²) >= 11 is 0. The number of nitriles is 1. The van der Waals surface area contributed by atoms with Crippen LogP contribution in [0.5, 0.6) is 0 Å². The third-order valence-electron chi connectivity index (χ3n) is 6.05. The second kappa shape index (κ2) is 6.84. The molecule has 0 aromatic heterocycles. The molecule has 2 aromatic rings. The molecule has 2 aliphatic rings. The lowest BCUT2D eigenvalue weighted by Crippen LogP contribution is -2.53. The molecule has 0 unspecified atom stereocenters. The zero-order valence-corrected chi connectivity index (χ0v) is 16.8. The minimum absolute atomic E-state index is 0.0839. The zero-order chi connectivity index (χ0) is 19.9. The van der Waals surface area contributed by atoms with Gasteiger partial charge in [0.2, 0.25) is 0 Å². The van der Waals surface area contributed by atoms with Crippen LogP contribution < -0.4 is 10.3 Å². The molecule has 0 N–H and O–H groups in total. The highest BCUT2D eigenvalue weighted by molar-refractivity contribution is 6.83. The molecule has 0 bridgehead atoms. The summed E-state index contributed by atoms with van der Waals surface area (Å²) in [6.07, 6.45) is 2.71. The van der Waals surface area contributed by atoms with Gasteiger partial charge in [-0.3, -0.25) is 0 Å². The summed E-state index contributed by atoms with van der Waals surface area (Å²) in [5.41, 5.74) is 3.29. The van der Waals surface area contributed by atoms with E-state index in [1.165, 1.54) is 5.46 Å². The van der Waals surface area contributed by atoms with E-state index >= 15 is 0 Å². The maximum Gasteiger partial charge on any atom is 0.477 e. The van der Waals surface area contributed by atoms with E-state index < -0.39 is 0 Å². The average molecular weight is 370 g/mol. The van der Waals surface area contributed by atoms with Crippen molar-refractivity contribution in [1.82, 2.24) is 0 Å². The highest BCUT2D eigenvalue weighted by atomic mass is 16.7. The second-order valence-electron chi connectivity index (χ2n) is 8.44. The Hall–Kier alpha value is -2.48. The standard InChI is InChI=1S/C22H24B2N2O2/c1-21(2)22(3,4)28-24(27-21)16-26-20-11-10-17(15-25)14-18(20)12-13-23(26)19-8-6-5-7-9-19/h5-14H,16H2,1-4H3. The minimum atomic E-state index is -0.362. The van der Waals surface area contributed by atoms with Crippen LogP contribution in [0.15, 0.2) is 54.5 Å². The minimum Gasteiger partial charge on any atom is -0.408 e. The van der Waals surface area contributed by atoms with E-state index in [4.69, 9.17) is 9.31 Å². The van der Waals surface area contributed by atoms with Gasteiger partial charge in [0.15, 0.2) is 0 Å². The Bertz CT molecular complexity index is 935. The summed E-state index contributed by atoms with van der Waals surface area (Å²) in [4.78, 5) is 2.31. The third-order valence-corrected chi connectivity index (χ3v) is 6.05. The van der Waals surface area contributed by atoms with Crippen LogP contribution in [0.1, 0.15) is 38.8 Å².